The third-order valence-electron chi connectivity index (χ3n) is 2.97. The minimum Gasteiger partial charge on any atom is -0.320 e. The van der Waals surface area contributed by atoms with Crippen molar-refractivity contribution < 1.29 is 12.8 Å². The van der Waals surface area contributed by atoms with Crippen LogP contribution in [0.3, 0.4) is 0 Å². The number of benzene rings is 1. The van der Waals surface area contributed by atoms with Crippen LogP contribution < -0.4 is 5.73 Å². The first-order valence-electron chi connectivity index (χ1n) is 6.04. The van der Waals surface area contributed by atoms with Crippen molar-refractivity contribution in [3.63, 3.8) is 0 Å². The summed E-state index contributed by atoms with van der Waals surface area (Å²) in [7, 11) is -3.58. The summed E-state index contributed by atoms with van der Waals surface area (Å²) in [6.07, 6.45) is 1.70. The SMILES string of the molecule is NCC#Cc1ccc(S(=O)(=O)N2CCCC2)cc1F. The summed E-state index contributed by atoms with van der Waals surface area (Å²) in [6.45, 7) is 1.13. The number of sulfonamides is 1. The third-order valence-corrected chi connectivity index (χ3v) is 4.86. The standard InChI is InChI=1S/C13H15FN2O2S/c14-13-10-12(6-5-11(13)4-3-7-15)19(17,18)16-8-1-2-9-16/h5-6,10H,1-2,7-9,15H2. The summed E-state index contributed by atoms with van der Waals surface area (Å²) in [6, 6.07) is 3.78. The van der Waals surface area contributed by atoms with Crippen molar-refractivity contribution in [1.29, 1.82) is 0 Å². The topological polar surface area (TPSA) is 63.4 Å². The molecule has 1 aliphatic heterocycles. The fourth-order valence-corrected chi connectivity index (χ4v) is 3.51. The van der Waals surface area contributed by atoms with Gasteiger partial charge in [-0.2, -0.15) is 4.31 Å². The molecule has 102 valence electrons. The molecule has 0 amide bonds. The van der Waals surface area contributed by atoms with E-state index < -0.39 is 15.8 Å². The van der Waals surface area contributed by atoms with Gasteiger partial charge in [-0.1, -0.05) is 11.8 Å². The Morgan fingerprint density at radius 2 is 2.00 bits per heavy atom. The van der Waals surface area contributed by atoms with Gasteiger partial charge in [0.15, 0.2) is 0 Å². The van der Waals surface area contributed by atoms with E-state index in [4.69, 9.17) is 5.73 Å². The Labute approximate surface area is 112 Å². The molecule has 0 bridgehead atoms. The van der Waals surface area contributed by atoms with Crippen molar-refractivity contribution >= 4 is 10.0 Å². The van der Waals surface area contributed by atoms with Crippen LogP contribution in [0.25, 0.3) is 0 Å². The number of nitrogens with two attached hydrogens (primary N) is 1. The molecule has 2 rings (SSSR count). The molecule has 0 unspecified atom stereocenters. The summed E-state index contributed by atoms with van der Waals surface area (Å²) < 4.78 is 39.6. The molecule has 1 aliphatic rings. The molecule has 1 aromatic carbocycles. The van der Waals surface area contributed by atoms with E-state index in [0.717, 1.165) is 18.9 Å². The van der Waals surface area contributed by atoms with E-state index >= 15 is 0 Å². The number of halogens is 1. The van der Waals surface area contributed by atoms with Crippen molar-refractivity contribution in [2.45, 2.75) is 17.7 Å². The lowest BCUT2D eigenvalue weighted by atomic mass is 10.2. The zero-order valence-corrected chi connectivity index (χ0v) is 11.2. The fourth-order valence-electron chi connectivity index (χ4n) is 1.98. The lowest BCUT2D eigenvalue weighted by Crippen LogP contribution is -2.27. The first-order valence-corrected chi connectivity index (χ1v) is 7.48. The van der Waals surface area contributed by atoms with Crippen molar-refractivity contribution in [3.05, 3.63) is 29.6 Å². The van der Waals surface area contributed by atoms with Crippen LogP contribution in [0, 0.1) is 17.7 Å². The molecular weight excluding hydrogens is 267 g/mol. The molecule has 0 aromatic heterocycles. The van der Waals surface area contributed by atoms with Crippen molar-refractivity contribution in [3.8, 4) is 11.8 Å². The summed E-state index contributed by atoms with van der Waals surface area (Å²) in [5, 5.41) is 0. The Morgan fingerprint density at radius 1 is 1.32 bits per heavy atom. The maximum Gasteiger partial charge on any atom is 0.243 e. The largest absolute Gasteiger partial charge is 0.320 e. The van der Waals surface area contributed by atoms with Crippen molar-refractivity contribution in [2.24, 2.45) is 5.73 Å². The maximum atomic E-state index is 13.8. The highest BCUT2D eigenvalue weighted by Crippen LogP contribution is 2.22. The molecule has 0 spiro atoms. The molecule has 1 aromatic rings. The molecule has 6 heteroatoms. The molecule has 1 saturated heterocycles. The summed E-state index contributed by atoms with van der Waals surface area (Å²) in [5.41, 5.74) is 5.37. The highest BCUT2D eigenvalue weighted by atomic mass is 32.2. The monoisotopic (exact) mass is 282 g/mol. The normalized spacial score (nSPS) is 16.1. The molecule has 0 saturated carbocycles. The van der Waals surface area contributed by atoms with Gasteiger partial charge in [0.1, 0.15) is 5.82 Å². The van der Waals surface area contributed by atoms with E-state index in [2.05, 4.69) is 11.8 Å². The van der Waals surface area contributed by atoms with Gasteiger partial charge in [0, 0.05) is 13.1 Å². The Bertz CT molecular complexity index is 626. The average Bonchev–Trinajstić information content (AvgIpc) is 2.91. The zero-order chi connectivity index (χ0) is 13.9. The van der Waals surface area contributed by atoms with E-state index in [1.165, 1.54) is 16.4 Å². The second kappa shape index (κ2) is 5.70. The van der Waals surface area contributed by atoms with E-state index in [9.17, 15) is 12.8 Å². The van der Waals surface area contributed by atoms with Gasteiger partial charge >= 0.3 is 0 Å². The molecule has 0 atom stereocenters. The van der Waals surface area contributed by atoms with E-state index in [1.54, 1.807) is 0 Å². The van der Waals surface area contributed by atoms with Gasteiger partial charge in [-0.15, -0.1) is 0 Å². The van der Waals surface area contributed by atoms with Crippen molar-refractivity contribution in [1.82, 2.24) is 4.31 Å². The molecule has 0 aliphatic carbocycles. The minimum absolute atomic E-state index is 0.0230. The van der Waals surface area contributed by atoms with Crippen LogP contribution in [0.2, 0.25) is 0 Å². The van der Waals surface area contributed by atoms with Gasteiger partial charge in [-0.3, -0.25) is 0 Å². The van der Waals surface area contributed by atoms with Crippen LogP contribution in [-0.2, 0) is 10.0 Å². The minimum atomic E-state index is -3.58. The molecule has 1 fully saturated rings. The lowest BCUT2D eigenvalue weighted by Gasteiger charge is -2.15. The Balaban J connectivity index is 2.34. The number of hydrogen-bond donors (Lipinski definition) is 1. The van der Waals surface area contributed by atoms with Gasteiger partial charge in [0.25, 0.3) is 0 Å². The Morgan fingerprint density at radius 3 is 2.58 bits per heavy atom. The highest BCUT2D eigenvalue weighted by molar-refractivity contribution is 7.89. The Hall–Kier alpha value is -1.42. The quantitative estimate of drug-likeness (QED) is 0.820. The van der Waals surface area contributed by atoms with Crippen LogP contribution in [0.4, 0.5) is 4.39 Å². The van der Waals surface area contributed by atoms with E-state index in [1.807, 2.05) is 0 Å². The van der Waals surface area contributed by atoms with Crippen LogP contribution >= 0.6 is 0 Å². The molecule has 0 radical (unpaired) electrons. The predicted molar refractivity (Wildman–Crippen MR) is 70.3 cm³/mol. The zero-order valence-electron chi connectivity index (χ0n) is 10.4. The first kappa shape index (κ1) is 14.0. The van der Waals surface area contributed by atoms with Crippen molar-refractivity contribution in [2.75, 3.05) is 19.6 Å². The summed E-state index contributed by atoms with van der Waals surface area (Å²) in [4.78, 5) is -0.0230. The Kier molecular flexibility index (Phi) is 4.20. The average molecular weight is 282 g/mol. The molecular formula is C13H15FN2O2S. The lowest BCUT2D eigenvalue weighted by molar-refractivity contribution is 0.476. The first-order chi connectivity index (χ1) is 9.05. The molecule has 19 heavy (non-hydrogen) atoms. The van der Waals surface area contributed by atoms with Gasteiger partial charge in [-0.25, -0.2) is 12.8 Å². The fraction of sp³-hybridized carbons (Fsp3) is 0.385. The van der Waals surface area contributed by atoms with Crippen LogP contribution in [0.15, 0.2) is 23.1 Å². The van der Waals surface area contributed by atoms with Gasteiger partial charge in [-0.05, 0) is 31.0 Å². The van der Waals surface area contributed by atoms with Crippen LogP contribution in [0.5, 0.6) is 0 Å². The smallest absolute Gasteiger partial charge is 0.243 e. The van der Waals surface area contributed by atoms with Gasteiger partial charge in [0.2, 0.25) is 10.0 Å². The second-order valence-corrected chi connectivity index (χ2v) is 6.20. The third kappa shape index (κ3) is 2.95. The number of rotatable bonds is 2. The van der Waals surface area contributed by atoms with Crippen LogP contribution in [0.1, 0.15) is 18.4 Å². The van der Waals surface area contributed by atoms with Crippen LogP contribution in [-0.4, -0.2) is 32.4 Å². The molecule has 1 heterocycles. The highest BCUT2D eigenvalue weighted by Gasteiger charge is 2.27. The van der Waals surface area contributed by atoms with E-state index in [0.29, 0.717) is 13.1 Å². The predicted octanol–water partition coefficient (Wildman–Crippen LogP) is 0.920. The second-order valence-electron chi connectivity index (χ2n) is 4.26. The molecule has 2 N–H and O–H groups in total. The summed E-state index contributed by atoms with van der Waals surface area (Å²) in [5.74, 6) is 4.46. The number of hydrogen-bond acceptors (Lipinski definition) is 3. The van der Waals surface area contributed by atoms with Gasteiger partial charge in [0.05, 0.1) is 17.0 Å². The maximum absolute atomic E-state index is 13.8. The molecule has 4 nitrogen and oxygen atoms in total. The summed E-state index contributed by atoms with van der Waals surface area (Å²) >= 11 is 0. The van der Waals surface area contributed by atoms with Gasteiger partial charge < -0.3 is 5.73 Å². The van der Waals surface area contributed by atoms with E-state index in [-0.39, 0.29) is 17.0 Å². The number of nitrogens with zero attached hydrogens (tertiary/aromatic N) is 1.